The summed E-state index contributed by atoms with van der Waals surface area (Å²) in [5.74, 6) is -1.18. The van der Waals surface area contributed by atoms with Crippen LogP contribution in [0.5, 0.6) is 0 Å². The van der Waals surface area contributed by atoms with E-state index in [-0.39, 0.29) is 50.4 Å². The highest BCUT2D eigenvalue weighted by Gasteiger charge is 2.49. The molecule has 0 spiro atoms. The molecule has 8 nitrogen and oxygen atoms in total. The third-order valence-electron chi connectivity index (χ3n) is 8.05. The van der Waals surface area contributed by atoms with Gasteiger partial charge in [0.15, 0.2) is 0 Å². The summed E-state index contributed by atoms with van der Waals surface area (Å²) in [6.07, 6.45) is -11.0. The first kappa shape index (κ1) is 31.5. The predicted molar refractivity (Wildman–Crippen MR) is 140 cm³/mol. The van der Waals surface area contributed by atoms with Crippen molar-refractivity contribution in [3.63, 3.8) is 0 Å². The molecule has 3 aliphatic rings. The molecule has 0 N–H and O–H groups in total. The van der Waals surface area contributed by atoms with E-state index >= 15 is 0 Å². The fraction of sp³-hybridized carbons (Fsp3) is 0.483. The van der Waals surface area contributed by atoms with E-state index in [1.54, 1.807) is 0 Å². The van der Waals surface area contributed by atoms with Crippen LogP contribution in [0.2, 0.25) is 0 Å². The molecular formula is C29H29F7N4O4. The molecule has 0 aliphatic carbocycles. The number of alkyl halides is 6. The number of amides is 3. The second kappa shape index (κ2) is 12.3. The molecule has 2 atom stereocenters. The summed E-state index contributed by atoms with van der Waals surface area (Å²) >= 11 is 0. The minimum atomic E-state index is -5.07. The number of benzene rings is 2. The zero-order chi connectivity index (χ0) is 31.8. The molecule has 2 aromatic rings. The Bertz CT molecular complexity index is 1360. The van der Waals surface area contributed by atoms with Gasteiger partial charge < -0.3 is 19.4 Å². The predicted octanol–water partition coefficient (Wildman–Crippen LogP) is 4.87. The SMILES string of the molecule is O=C1[C@H](CCN2CCC2)N2C(=O)CCN(C(=O)OCc3cc(C(F)(F)F)cc(C(F)(F)F)c3)[C@H]2CN1Cc1ccc(F)cc1. The van der Waals surface area contributed by atoms with Gasteiger partial charge >= 0.3 is 18.4 Å². The van der Waals surface area contributed by atoms with Crippen molar-refractivity contribution >= 4 is 17.9 Å². The number of hydrogen-bond acceptors (Lipinski definition) is 5. The van der Waals surface area contributed by atoms with Crippen LogP contribution in [-0.4, -0.2) is 82.4 Å². The van der Waals surface area contributed by atoms with E-state index in [4.69, 9.17) is 4.74 Å². The normalized spacial score (nSPS) is 21.3. The summed E-state index contributed by atoms with van der Waals surface area (Å²) in [6.45, 7) is 1.14. The highest BCUT2D eigenvalue weighted by molar-refractivity contribution is 5.90. The van der Waals surface area contributed by atoms with Gasteiger partial charge in [-0.2, -0.15) is 26.3 Å². The topological polar surface area (TPSA) is 73.4 Å². The first-order valence-electron chi connectivity index (χ1n) is 14.0. The third kappa shape index (κ3) is 6.92. The van der Waals surface area contributed by atoms with Crippen molar-refractivity contribution in [2.75, 3.05) is 32.7 Å². The van der Waals surface area contributed by atoms with Crippen molar-refractivity contribution in [1.82, 2.24) is 19.6 Å². The molecule has 238 valence electrons. The Hall–Kier alpha value is -3.88. The van der Waals surface area contributed by atoms with Gasteiger partial charge in [0.1, 0.15) is 24.6 Å². The molecule has 0 saturated carbocycles. The summed E-state index contributed by atoms with van der Waals surface area (Å²) in [5, 5.41) is 0. The lowest BCUT2D eigenvalue weighted by molar-refractivity contribution is -0.169. The van der Waals surface area contributed by atoms with Crippen LogP contribution in [0.25, 0.3) is 0 Å². The fourth-order valence-corrected chi connectivity index (χ4v) is 5.66. The van der Waals surface area contributed by atoms with Crippen molar-refractivity contribution in [1.29, 1.82) is 0 Å². The van der Waals surface area contributed by atoms with Crippen molar-refractivity contribution in [2.45, 2.75) is 57.0 Å². The maximum atomic E-state index is 13.7. The molecule has 44 heavy (non-hydrogen) atoms. The van der Waals surface area contributed by atoms with E-state index in [9.17, 15) is 45.1 Å². The van der Waals surface area contributed by atoms with Crippen LogP contribution >= 0.6 is 0 Å². The van der Waals surface area contributed by atoms with Gasteiger partial charge in [0, 0.05) is 26.1 Å². The average Bonchev–Trinajstić information content (AvgIpc) is 2.93. The Kier molecular flexibility index (Phi) is 8.78. The zero-order valence-electron chi connectivity index (χ0n) is 23.3. The molecule has 0 radical (unpaired) electrons. The van der Waals surface area contributed by atoms with Crippen molar-refractivity contribution in [3.05, 3.63) is 70.5 Å². The molecule has 5 rings (SSSR count). The molecule has 0 unspecified atom stereocenters. The standard InChI is InChI=1S/C29H29F7N4O4/c30-22-4-2-18(3-5-22)15-38-16-24-39(11-7-25(41)40(24)23(26(38)42)6-10-37-8-1-9-37)27(43)44-17-19-12-20(28(31,32)33)14-21(13-19)29(34,35)36/h2-5,12-14,23-24H,1,6-11,15-17H2/t23-,24+/m0/s1. The molecule has 15 heteroatoms. The van der Waals surface area contributed by atoms with Gasteiger partial charge in [-0.3, -0.25) is 14.5 Å². The van der Waals surface area contributed by atoms with E-state index in [1.807, 2.05) is 0 Å². The van der Waals surface area contributed by atoms with Crippen LogP contribution in [0.15, 0.2) is 42.5 Å². The number of hydrogen-bond donors (Lipinski definition) is 0. The maximum absolute atomic E-state index is 13.7. The lowest BCUT2D eigenvalue weighted by atomic mass is 10.00. The van der Waals surface area contributed by atoms with Crippen LogP contribution in [0, 0.1) is 5.82 Å². The summed E-state index contributed by atoms with van der Waals surface area (Å²) in [7, 11) is 0. The number of carbonyl (C=O) groups is 3. The molecule has 3 amide bonds. The molecule has 2 aromatic carbocycles. The van der Waals surface area contributed by atoms with E-state index in [1.165, 1.54) is 39.0 Å². The number of rotatable bonds is 7. The number of piperazine rings is 1. The van der Waals surface area contributed by atoms with Gasteiger partial charge in [-0.1, -0.05) is 12.1 Å². The average molecular weight is 631 g/mol. The number of ether oxygens (including phenoxy) is 1. The molecule has 3 heterocycles. The maximum Gasteiger partial charge on any atom is 0.416 e. The molecule has 3 aliphatic heterocycles. The third-order valence-corrected chi connectivity index (χ3v) is 8.05. The summed E-state index contributed by atoms with van der Waals surface area (Å²) < 4.78 is 98.4. The lowest BCUT2D eigenvalue weighted by Gasteiger charge is -2.52. The highest BCUT2D eigenvalue weighted by Crippen LogP contribution is 2.37. The monoisotopic (exact) mass is 630 g/mol. The van der Waals surface area contributed by atoms with Gasteiger partial charge in [-0.25, -0.2) is 9.18 Å². The molecule has 0 bridgehead atoms. The smallest absolute Gasteiger partial charge is 0.416 e. The van der Waals surface area contributed by atoms with Crippen LogP contribution in [0.1, 0.15) is 41.5 Å². The second-order valence-electron chi connectivity index (χ2n) is 11.0. The highest BCUT2D eigenvalue weighted by atomic mass is 19.4. The van der Waals surface area contributed by atoms with Crippen LogP contribution in [0.4, 0.5) is 35.5 Å². The number of fused-ring (bicyclic) bond motifs is 1. The van der Waals surface area contributed by atoms with E-state index in [0.29, 0.717) is 24.2 Å². The molecule has 0 aromatic heterocycles. The Balaban J connectivity index is 1.37. The van der Waals surface area contributed by atoms with Gasteiger partial charge in [-0.15, -0.1) is 0 Å². The first-order valence-corrected chi connectivity index (χ1v) is 14.0. The largest absolute Gasteiger partial charge is 0.444 e. The Labute approximate surface area is 247 Å². The van der Waals surface area contributed by atoms with Crippen LogP contribution in [-0.2, 0) is 39.8 Å². The fourth-order valence-electron chi connectivity index (χ4n) is 5.66. The van der Waals surface area contributed by atoms with Crippen molar-refractivity contribution in [2.24, 2.45) is 0 Å². The number of nitrogens with zero attached hydrogens (tertiary/aromatic N) is 4. The zero-order valence-corrected chi connectivity index (χ0v) is 23.3. The number of carbonyl (C=O) groups excluding carboxylic acids is 3. The molecule has 3 saturated heterocycles. The molecular weight excluding hydrogens is 601 g/mol. The van der Waals surface area contributed by atoms with Gasteiger partial charge in [0.05, 0.1) is 17.7 Å². The summed E-state index contributed by atoms with van der Waals surface area (Å²) in [6, 6.07) is 5.50. The molecule has 3 fully saturated rings. The number of halogens is 7. The summed E-state index contributed by atoms with van der Waals surface area (Å²) in [4.78, 5) is 46.1. The Morgan fingerprint density at radius 3 is 2.09 bits per heavy atom. The second-order valence-corrected chi connectivity index (χ2v) is 11.0. The minimum Gasteiger partial charge on any atom is -0.444 e. The van der Waals surface area contributed by atoms with Crippen molar-refractivity contribution < 1.29 is 49.9 Å². The van der Waals surface area contributed by atoms with Crippen molar-refractivity contribution in [3.8, 4) is 0 Å². The van der Waals surface area contributed by atoms with E-state index in [2.05, 4.69) is 4.90 Å². The van der Waals surface area contributed by atoms with Gasteiger partial charge in [-0.05, 0) is 67.4 Å². The Morgan fingerprint density at radius 1 is 0.886 bits per heavy atom. The van der Waals surface area contributed by atoms with Crippen LogP contribution in [0.3, 0.4) is 0 Å². The van der Waals surface area contributed by atoms with E-state index < -0.39 is 59.8 Å². The van der Waals surface area contributed by atoms with E-state index in [0.717, 1.165) is 19.5 Å². The van der Waals surface area contributed by atoms with Crippen LogP contribution < -0.4 is 0 Å². The van der Waals surface area contributed by atoms with Gasteiger partial charge in [0.25, 0.3) is 0 Å². The minimum absolute atomic E-state index is 0.0193. The Morgan fingerprint density at radius 2 is 1.52 bits per heavy atom. The quantitative estimate of drug-likeness (QED) is 0.409. The summed E-state index contributed by atoms with van der Waals surface area (Å²) in [5.41, 5.74) is -2.99. The first-order chi connectivity index (χ1) is 20.7. The number of likely N-dealkylation sites (tertiary alicyclic amines) is 1. The van der Waals surface area contributed by atoms with Gasteiger partial charge in [0.2, 0.25) is 11.8 Å². The lowest BCUT2D eigenvalue weighted by Crippen LogP contribution is -2.71.